The molecule has 1 unspecified atom stereocenters. The van der Waals surface area contributed by atoms with Gasteiger partial charge in [0, 0.05) is 10.5 Å². The molecule has 2 rings (SSSR count). The maximum atomic E-state index is 3.49. The van der Waals surface area contributed by atoms with Crippen LogP contribution in [0.3, 0.4) is 0 Å². The molecule has 1 nitrogen and oxygen atoms in total. The molecule has 0 aliphatic carbocycles. The quantitative estimate of drug-likeness (QED) is 0.776. The summed E-state index contributed by atoms with van der Waals surface area (Å²) in [5.41, 5.74) is 2.83. The second-order valence-corrected chi connectivity index (χ2v) is 4.21. The van der Waals surface area contributed by atoms with E-state index in [1.165, 1.54) is 22.0 Å². The molecule has 1 atom stereocenters. The molecule has 1 aliphatic rings. The van der Waals surface area contributed by atoms with Crippen LogP contribution >= 0.6 is 15.9 Å². The van der Waals surface area contributed by atoms with Gasteiger partial charge in [0.15, 0.2) is 0 Å². The number of halogens is 1. The van der Waals surface area contributed by atoms with Gasteiger partial charge in [-0.3, -0.25) is 0 Å². The van der Waals surface area contributed by atoms with Gasteiger partial charge in [-0.15, -0.1) is 0 Å². The molecule has 0 bridgehead atoms. The van der Waals surface area contributed by atoms with Crippen molar-refractivity contribution in [1.29, 1.82) is 0 Å². The average Bonchev–Trinajstić information content (AvgIpc) is 1.93. The van der Waals surface area contributed by atoms with Crippen LogP contribution in [-0.2, 0) is 0 Å². The lowest BCUT2D eigenvalue weighted by Crippen LogP contribution is -2.35. The van der Waals surface area contributed by atoms with Gasteiger partial charge in [0.1, 0.15) is 0 Å². The maximum absolute atomic E-state index is 3.49. The van der Waals surface area contributed by atoms with Gasteiger partial charge in [-0.1, -0.05) is 22.0 Å². The Kier molecular flexibility index (Phi) is 2.20. The Bertz CT molecular complexity index is 292. The fourth-order valence-electron chi connectivity index (χ4n) is 1.54. The minimum Gasteiger partial charge on any atom is -0.310 e. The van der Waals surface area contributed by atoms with Crippen molar-refractivity contribution < 1.29 is 0 Å². The lowest BCUT2D eigenvalue weighted by molar-refractivity contribution is 0.382. The van der Waals surface area contributed by atoms with Crippen LogP contribution in [0.4, 0.5) is 0 Å². The molecule has 0 amide bonds. The van der Waals surface area contributed by atoms with E-state index in [1.807, 2.05) is 0 Å². The molecule has 1 aromatic rings. The normalized spacial score (nSPS) is 22.0. The highest BCUT2D eigenvalue weighted by atomic mass is 79.9. The van der Waals surface area contributed by atoms with E-state index in [4.69, 9.17) is 0 Å². The predicted molar refractivity (Wildman–Crippen MR) is 54.2 cm³/mol. The Hall–Kier alpha value is -0.340. The topological polar surface area (TPSA) is 12.0 Å². The third-order valence-electron chi connectivity index (χ3n) is 2.44. The molecule has 0 aromatic heterocycles. The van der Waals surface area contributed by atoms with Gasteiger partial charge in [0.05, 0.1) is 0 Å². The average molecular weight is 226 g/mol. The zero-order valence-corrected chi connectivity index (χ0v) is 8.69. The third-order valence-corrected chi connectivity index (χ3v) is 2.93. The summed E-state index contributed by atoms with van der Waals surface area (Å²) < 4.78 is 1.18. The lowest BCUT2D eigenvalue weighted by Gasteiger charge is -2.29. The monoisotopic (exact) mass is 225 g/mol. The molecule has 1 aliphatic heterocycles. The zero-order chi connectivity index (χ0) is 8.55. The standard InChI is InChI=1S/C10H12BrN/c1-7-2-3-8(11)6-9(7)10-4-5-12-10/h2-3,6,10,12H,4-5H2,1H3. The van der Waals surface area contributed by atoms with Crippen molar-refractivity contribution in [2.45, 2.75) is 19.4 Å². The van der Waals surface area contributed by atoms with Gasteiger partial charge in [-0.25, -0.2) is 0 Å². The highest BCUT2D eigenvalue weighted by Crippen LogP contribution is 2.27. The van der Waals surface area contributed by atoms with E-state index >= 15 is 0 Å². The fraction of sp³-hybridized carbons (Fsp3) is 0.400. The molecule has 1 saturated heterocycles. The van der Waals surface area contributed by atoms with E-state index in [9.17, 15) is 0 Å². The molecule has 0 radical (unpaired) electrons. The molecule has 64 valence electrons. The van der Waals surface area contributed by atoms with Gasteiger partial charge in [-0.2, -0.15) is 0 Å². The first-order valence-electron chi connectivity index (χ1n) is 4.27. The number of hydrogen-bond donors (Lipinski definition) is 1. The van der Waals surface area contributed by atoms with Crippen molar-refractivity contribution in [1.82, 2.24) is 5.32 Å². The summed E-state index contributed by atoms with van der Waals surface area (Å²) in [6, 6.07) is 7.07. The summed E-state index contributed by atoms with van der Waals surface area (Å²) in [5, 5.41) is 3.41. The van der Waals surface area contributed by atoms with Crippen LogP contribution in [0, 0.1) is 6.92 Å². The number of nitrogens with one attached hydrogen (secondary N) is 1. The lowest BCUT2D eigenvalue weighted by atomic mass is 9.94. The molecule has 12 heavy (non-hydrogen) atoms. The van der Waals surface area contributed by atoms with Crippen LogP contribution in [-0.4, -0.2) is 6.54 Å². The molecule has 1 heterocycles. The van der Waals surface area contributed by atoms with E-state index in [2.05, 4.69) is 46.4 Å². The minimum absolute atomic E-state index is 0.600. The largest absolute Gasteiger partial charge is 0.310 e. The molecular formula is C10H12BrN. The molecule has 1 fully saturated rings. The number of aryl methyl sites for hydroxylation is 1. The van der Waals surface area contributed by atoms with E-state index in [0.717, 1.165) is 6.54 Å². The second-order valence-electron chi connectivity index (χ2n) is 3.30. The Labute approximate surface area is 81.3 Å². The third kappa shape index (κ3) is 1.41. The van der Waals surface area contributed by atoms with E-state index in [0.29, 0.717) is 6.04 Å². The zero-order valence-electron chi connectivity index (χ0n) is 7.10. The molecule has 0 spiro atoms. The first kappa shape index (κ1) is 8.27. The minimum atomic E-state index is 0.600. The summed E-state index contributed by atoms with van der Waals surface area (Å²) in [6.07, 6.45) is 1.28. The van der Waals surface area contributed by atoms with Crippen LogP contribution in [0.5, 0.6) is 0 Å². The molecule has 2 heteroatoms. The van der Waals surface area contributed by atoms with E-state index in [-0.39, 0.29) is 0 Å². The molecule has 1 N–H and O–H groups in total. The number of hydrogen-bond acceptors (Lipinski definition) is 1. The first-order valence-corrected chi connectivity index (χ1v) is 5.06. The summed E-state index contributed by atoms with van der Waals surface area (Å²) in [5.74, 6) is 0. The molecule has 1 aromatic carbocycles. The maximum Gasteiger partial charge on any atom is 0.0335 e. The summed E-state index contributed by atoms with van der Waals surface area (Å²) >= 11 is 3.49. The van der Waals surface area contributed by atoms with Crippen molar-refractivity contribution >= 4 is 15.9 Å². The van der Waals surface area contributed by atoms with Gasteiger partial charge in [0.2, 0.25) is 0 Å². The van der Waals surface area contributed by atoms with Crippen LogP contribution in [0.1, 0.15) is 23.6 Å². The SMILES string of the molecule is Cc1ccc(Br)cc1C1CCN1. The summed E-state index contributed by atoms with van der Waals surface area (Å²) in [7, 11) is 0. The number of rotatable bonds is 1. The molecular weight excluding hydrogens is 214 g/mol. The summed E-state index contributed by atoms with van der Waals surface area (Å²) in [6.45, 7) is 3.33. The van der Waals surface area contributed by atoms with Gasteiger partial charge < -0.3 is 5.32 Å². The van der Waals surface area contributed by atoms with Crippen LogP contribution < -0.4 is 5.32 Å². The first-order chi connectivity index (χ1) is 5.77. The van der Waals surface area contributed by atoms with Crippen LogP contribution in [0.15, 0.2) is 22.7 Å². The fourth-order valence-corrected chi connectivity index (χ4v) is 1.92. The number of benzene rings is 1. The van der Waals surface area contributed by atoms with Gasteiger partial charge in [0.25, 0.3) is 0 Å². The smallest absolute Gasteiger partial charge is 0.0335 e. The van der Waals surface area contributed by atoms with Crippen molar-refractivity contribution in [2.24, 2.45) is 0 Å². The second kappa shape index (κ2) is 3.19. The Morgan fingerprint density at radius 3 is 2.83 bits per heavy atom. The Morgan fingerprint density at radius 1 is 1.50 bits per heavy atom. The van der Waals surface area contributed by atoms with Crippen LogP contribution in [0.25, 0.3) is 0 Å². The van der Waals surface area contributed by atoms with Crippen molar-refractivity contribution in [3.8, 4) is 0 Å². The van der Waals surface area contributed by atoms with Crippen LogP contribution in [0.2, 0.25) is 0 Å². The van der Waals surface area contributed by atoms with Gasteiger partial charge in [-0.05, 0) is 43.1 Å². The van der Waals surface area contributed by atoms with E-state index < -0.39 is 0 Å². The van der Waals surface area contributed by atoms with Crippen molar-refractivity contribution in [3.63, 3.8) is 0 Å². The highest BCUT2D eigenvalue weighted by molar-refractivity contribution is 9.10. The summed E-state index contributed by atoms with van der Waals surface area (Å²) in [4.78, 5) is 0. The Balaban J connectivity index is 2.34. The highest BCUT2D eigenvalue weighted by Gasteiger charge is 2.19. The Morgan fingerprint density at radius 2 is 2.25 bits per heavy atom. The molecule has 0 saturated carbocycles. The van der Waals surface area contributed by atoms with Crippen molar-refractivity contribution in [2.75, 3.05) is 6.54 Å². The van der Waals surface area contributed by atoms with Gasteiger partial charge >= 0.3 is 0 Å². The van der Waals surface area contributed by atoms with Crippen molar-refractivity contribution in [3.05, 3.63) is 33.8 Å². The predicted octanol–water partition coefficient (Wildman–Crippen LogP) is 2.79. The van der Waals surface area contributed by atoms with E-state index in [1.54, 1.807) is 0 Å².